The molecule has 35 heavy (non-hydrogen) atoms. The highest BCUT2D eigenvalue weighted by atomic mass is 32.2. The predicted molar refractivity (Wildman–Crippen MR) is 128 cm³/mol. The van der Waals surface area contributed by atoms with E-state index in [1.54, 1.807) is 17.0 Å². The molecular formula is C25H24F3N3O3S. The van der Waals surface area contributed by atoms with E-state index in [9.17, 15) is 26.4 Å². The Morgan fingerprint density at radius 1 is 1.03 bits per heavy atom. The number of fused-ring (bicyclic) bond motifs is 2. The van der Waals surface area contributed by atoms with Gasteiger partial charge in [0.2, 0.25) is 5.91 Å². The van der Waals surface area contributed by atoms with Gasteiger partial charge in [-0.1, -0.05) is 6.08 Å². The maximum absolute atomic E-state index is 13.7. The van der Waals surface area contributed by atoms with Gasteiger partial charge in [0.15, 0.2) is 0 Å². The lowest BCUT2D eigenvalue weighted by molar-refractivity contribution is -0.137. The van der Waals surface area contributed by atoms with Crippen molar-refractivity contribution >= 4 is 38.1 Å². The Morgan fingerprint density at radius 2 is 1.80 bits per heavy atom. The highest BCUT2D eigenvalue weighted by Crippen LogP contribution is 2.38. The second-order valence-corrected chi connectivity index (χ2v) is 10.8. The van der Waals surface area contributed by atoms with E-state index in [0.717, 1.165) is 33.8 Å². The lowest BCUT2D eigenvalue weighted by Gasteiger charge is -2.21. The van der Waals surface area contributed by atoms with Crippen LogP contribution in [0.2, 0.25) is 0 Å². The second-order valence-electron chi connectivity index (χ2n) is 9.03. The van der Waals surface area contributed by atoms with Crippen LogP contribution in [0.3, 0.4) is 0 Å². The van der Waals surface area contributed by atoms with Crippen LogP contribution in [0.5, 0.6) is 0 Å². The van der Waals surface area contributed by atoms with Gasteiger partial charge in [-0.2, -0.15) is 13.2 Å². The molecule has 2 aliphatic heterocycles. The van der Waals surface area contributed by atoms with Gasteiger partial charge in [-0.3, -0.25) is 4.79 Å². The van der Waals surface area contributed by atoms with Crippen LogP contribution in [0.15, 0.2) is 53.6 Å². The van der Waals surface area contributed by atoms with Gasteiger partial charge < -0.3 is 9.80 Å². The first kappa shape index (κ1) is 23.6. The predicted octanol–water partition coefficient (Wildman–Crippen LogP) is 4.53. The van der Waals surface area contributed by atoms with Crippen LogP contribution in [0.1, 0.15) is 30.0 Å². The van der Waals surface area contributed by atoms with E-state index in [4.69, 9.17) is 0 Å². The third kappa shape index (κ3) is 4.04. The number of nitrogens with zero attached hydrogens (tertiary/aromatic N) is 3. The van der Waals surface area contributed by atoms with Gasteiger partial charge in [0.1, 0.15) is 0 Å². The third-order valence-corrected chi connectivity index (χ3v) is 8.41. The molecular weight excluding hydrogens is 479 g/mol. The van der Waals surface area contributed by atoms with E-state index >= 15 is 0 Å². The number of carbonyl (C=O) groups is 1. The minimum Gasteiger partial charge on any atom is -0.312 e. The lowest BCUT2D eigenvalue weighted by Crippen LogP contribution is -2.25. The fraction of sp³-hybridized carbons (Fsp3) is 0.320. The molecule has 1 aromatic heterocycles. The van der Waals surface area contributed by atoms with Crippen LogP contribution in [-0.4, -0.2) is 49.9 Å². The van der Waals surface area contributed by atoms with Crippen molar-refractivity contribution in [2.45, 2.75) is 30.8 Å². The summed E-state index contributed by atoms with van der Waals surface area (Å²) >= 11 is 0. The van der Waals surface area contributed by atoms with Crippen molar-refractivity contribution in [1.29, 1.82) is 0 Å². The third-order valence-electron chi connectivity index (χ3n) is 6.74. The zero-order chi connectivity index (χ0) is 25.1. The average molecular weight is 504 g/mol. The van der Waals surface area contributed by atoms with E-state index in [1.165, 1.54) is 25.3 Å². The molecule has 0 bridgehead atoms. The zero-order valence-corrected chi connectivity index (χ0v) is 20.1. The van der Waals surface area contributed by atoms with Crippen LogP contribution >= 0.6 is 0 Å². The fourth-order valence-electron chi connectivity index (χ4n) is 4.83. The summed E-state index contributed by atoms with van der Waals surface area (Å²) in [4.78, 5) is 15.6. The average Bonchev–Trinajstić information content (AvgIpc) is 3.40. The van der Waals surface area contributed by atoms with Crippen LogP contribution in [0.25, 0.3) is 16.5 Å². The summed E-state index contributed by atoms with van der Waals surface area (Å²) in [5.74, 6) is -0.118. The van der Waals surface area contributed by atoms with Crippen molar-refractivity contribution in [2.75, 3.05) is 31.6 Å². The van der Waals surface area contributed by atoms with Crippen LogP contribution < -0.4 is 4.90 Å². The molecule has 10 heteroatoms. The van der Waals surface area contributed by atoms with E-state index in [-0.39, 0.29) is 21.7 Å². The summed E-state index contributed by atoms with van der Waals surface area (Å²) in [6.07, 6.45) is -0.0409. The van der Waals surface area contributed by atoms with Gasteiger partial charge in [0.05, 0.1) is 16.0 Å². The number of halogens is 3. The van der Waals surface area contributed by atoms with Crippen molar-refractivity contribution in [1.82, 2.24) is 8.87 Å². The maximum Gasteiger partial charge on any atom is 0.416 e. The van der Waals surface area contributed by atoms with Crippen molar-refractivity contribution in [3.63, 3.8) is 0 Å². The molecule has 3 heterocycles. The Kier molecular flexibility index (Phi) is 5.56. The summed E-state index contributed by atoms with van der Waals surface area (Å²) < 4.78 is 69.0. The van der Waals surface area contributed by atoms with Crippen molar-refractivity contribution in [3.8, 4) is 0 Å². The van der Waals surface area contributed by atoms with Crippen molar-refractivity contribution in [3.05, 3.63) is 65.4 Å². The Morgan fingerprint density at radius 3 is 2.46 bits per heavy atom. The smallest absolute Gasteiger partial charge is 0.312 e. The van der Waals surface area contributed by atoms with Gasteiger partial charge in [0, 0.05) is 49.4 Å². The first-order valence-corrected chi connectivity index (χ1v) is 12.7. The molecule has 1 amide bonds. The molecule has 0 unspecified atom stereocenters. The largest absolute Gasteiger partial charge is 0.416 e. The Labute approximate surface area is 201 Å². The van der Waals surface area contributed by atoms with E-state index in [0.29, 0.717) is 37.2 Å². The fourth-order valence-corrected chi connectivity index (χ4v) is 6.25. The quantitative estimate of drug-likeness (QED) is 0.527. The molecule has 0 N–H and O–H groups in total. The van der Waals surface area contributed by atoms with Crippen LogP contribution in [-0.2, 0) is 27.4 Å². The minimum atomic E-state index is -4.55. The normalized spacial score (nSPS) is 17.1. The van der Waals surface area contributed by atoms with Crippen molar-refractivity contribution < 1.29 is 26.4 Å². The van der Waals surface area contributed by atoms with E-state index < -0.39 is 21.8 Å². The summed E-state index contributed by atoms with van der Waals surface area (Å²) in [7, 11) is -2.16. The minimum absolute atomic E-state index is 0.0300. The number of amides is 1. The molecule has 0 spiro atoms. The van der Waals surface area contributed by atoms with Gasteiger partial charge in [-0.05, 0) is 67.4 Å². The van der Waals surface area contributed by atoms with Crippen molar-refractivity contribution in [2.24, 2.45) is 0 Å². The van der Waals surface area contributed by atoms with E-state index in [2.05, 4.69) is 4.90 Å². The lowest BCUT2D eigenvalue weighted by atomic mass is 9.98. The van der Waals surface area contributed by atoms with Gasteiger partial charge in [-0.15, -0.1) is 0 Å². The molecule has 0 saturated heterocycles. The zero-order valence-electron chi connectivity index (χ0n) is 19.3. The molecule has 0 saturated carbocycles. The molecule has 5 rings (SSSR count). The Bertz CT molecular complexity index is 1490. The van der Waals surface area contributed by atoms with Gasteiger partial charge >= 0.3 is 6.18 Å². The van der Waals surface area contributed by atoms with Crippen LogP contribution in [0, 0.1) is 0 Å². The molecule has 2 aliphatic rings. The SMILES string of the molecule is CC(=O)N1CCc2cc(S(=O)(=O)n3cc(C4=CCN(C)CC4)c4cc(C(F)(F)F)ccc43)ccc21. The number of hydrogen-bond acceptors (Lipinski definition) is 4. The second kappa shape index (κ2) is 8.23. The number of likely N-dealkylation sites (N-methyl/N-ethyl adjacent to an activating group) is 1. The van der Waals surface area contributed by atoms with Gasteiger partial charge in [-0.25, -0.2) is 12.4 Å². The summed E-state index contributed by atoms with van der Waals surface area (Å²) in [6.45, 7) is 3.29. The number of aromatic nitrogens is 1. The van der Waals surface area contributed by atoms with E-state index in [1.807, 2.05) is 13.1 Å². The molecule has 0 atom stereocenters. The number of alkyl halides is 3. The molecule has 0 aliphatic carbocycles. The molecule has 0 radical (unpaired) electrons. The number of hydrogen-bond donors (Lipinski definition) is 0. The Hall–Kier alpha value is -3.11. The highest BCUT2D eigenvalue weighted by molar-refractivity contribution is 7.90. The molecule has 0 fully saturated rings. The molecule has 3 aromatic rings. The topological polar surface area (TPSA) is 62.6 Å². The maximum atomic E-state index is 13.7. The summed E-state index contributed by atoms with van der Waals surface area (Å²) in [6, 6.07) is 7.78. The molecule has 184 valence electrons. The number of rotatable bonds is 3. The number of anilines is 1. The van der Waals surface area contributed by atoms with Gasteiger partial charge in [0.25, 0.3) is 10.0 Å². The summed E-state index contributed by atoms with van der Waals surface area (Å²) in [5, 5.41) is 0.253. The molecule has 2 aromatic carbocycles. The first-order chi connectivity index (χ1) is 16.5. The number of benzene rings is 2. The number of carbonyl (C=O) groups excluding carboxylic acids is 1. The highest BCUT2D eigenvalue weighted by Gasteiger charge is 2.33. The standard InChI is InChI=1S/C25H24F3N3O3S/c1-16(32)30-12-9-18-13-20(4-6-23(18)30)35(33,34)31-15-22(17-7-10-29(2)11-8-17)21-14-19(25(26,27)28)3-5-24(21)31/h3-7,13-15H,8-12H2,1-2H3. The Balaban J connectivity index is 1.67. The molecule has 6 nitrogen and oxygen atoms in total. The van der Waals surface area contributed by atoms with Crippen LogP contribution in [0.4, 0.5) is 18.9 Å². The monoisotopic (exact) mass is 503 g/mol. The first-order valence-electron chi connectivity index (χ1n) is 11.2. The summed E-state index contributed by atoms with van der Waals surface area (Å²) in [5.41, 5.74) is 2.12.